The number of fused-ring (bicyclic) bond motifs is 1. The van der Waals surface area contributed by atoms with E-state index in [9.17, 15) is 9.59 Å². The molecule has 1 aliphatic rings. The molecular formula is C14H18N2O3S. The highest BCUT2D eigenvalue weighted by molar-refractivity contribution is 7.98. The van der Waals surface area contributed by atoms with Crippen LogP contribution in [0.3, 0.4) is 0 Å². The Morgan fingerprint density at radius 1 is 1.50 bits per heavy atom. The molecule has 1 amide bonds. The number of carbonyl (C=O) groups is 2. The number of nitrogens with one attached hydrogen (secondary N) is 2. The average Bonchev–Trinajstić information content (AvgIpc) is 2.90. The van der Waals surface area contributed by atoms with Crippen LogP contribution in [0, 0.1) is 0 Å². The maximum atomic E-state index is 12.1. The number of thioether (sulfide) groups is 1. The summed E-state index contributed by atoms with van der Waals surface area (Å²) in [6.07, 6.45) is 3.29. The summed E-state index contributed by atoms with van der Waals surface area (Å²) in [6.45, 7) is 0.881. The molecule has 1 aromatic rings. The van der Waals surface area contributed by atoms with Gasteiger partial charge in [0.25, 0.3) is 5.91 Å². The normalized spacial score (nSPS) is 14.2. The van der Waals surface area contributed by atoms with E-state index in [0.29, 0.717) is 17.7 Å². The molecule has 108 valence electrons. The SMILES string of the molecule is CSCC[C@H](NC(=O)c1ccc2c(c1)NCC2)C(=O)O. The molecular weight excluding hydrogens is 276 g/mol. The van der Waals surface area contributed by atoms with Gasteiger partial charge in [0.05, 0.1) is 0 Å². The van der Waals surface area contributed by atoms with Crippen molar-refractivity contribution in [2.24, 2.45) is 0 Å². The van der Waals surface area contributed by atoms with Gasteiger partial charge in [-0.25, -0.2) is 4.79 Å². The highest BCUT2D eigenvalue weighted by Gasteiger charge is 2.21. The minimum atomic E-state index is -0.994. The van der Waals surface area contributed by atoms with E-state index in [1.165, 1.54) is 5.56 Å². The molecule has 20 heavy (non-hydrogen) atoms. The Labute approximate surface area is 122 Å². The van der Waals surface area contributed by atoms with Crippen molar-refractivity contribution < 1.29 is 14.7 Å². The van der Waals surface area contributed by atoms with E-state index in [2.05, 4.69) is 10.6 Å². The number of hydrogen-bond acceptors (Lipinski definition) is 4. The number of carboxylic acid groups (broad SMARTS) is 1. The fourth-order valence-electron chi connectivity index (χ4n) is 2.17. The zero-order valence-corrected chi connectivity index (χ0v) is 12.1. The molecule has 0 spiro atoms. The Morgan fingerprint density at radius 2 is 2.30 bits per heavy atom. The first-order valence-electron chi connectivity index (χ1n) is 6.51. The van der Waals surface area contributed by atoms with Gasteiger partial charge in [-0.1, -0.05) is 6.07 Å². The number of carboxylic acids is 1. The highest BCUT2D eigenvalue weighted by atomic mass is 32.2. The summed E-state index contributed by atoms with van der Waals surface area (Å²) >= 11 is 1.56. The Balaban J connectivity index is 2.04. The lowest BCUT2D eigenvalue weighted by atomic mass is 10.1. The number of amides is 1. The van der Waals surface area contributed by atoms with Crippen molar-refractivity contribution in [3.05, 3.63) is 29.3 Å². The van der Waals surface area contributed by atoms with Crippen LogP contribution in [0.25, 0.3) is 0 Å². The molecule has 0 saturated carbocycles. The number of aliphatic carboxylic acids is 1. The van der Waals surface area contributed by atoms with E-state index in [1.807, 2.05) is 12.3 Å². The zero-order chi connectivity index (χ0) is 14.5. The van der Waals surface area contributed by atoms with Crippen LogP contribution in [0.5, 0.6) is 0 Å². The highest BCUT2D eigenvalue weighted by Crippen LogP contribution is 2.23. The van der Waals surface area contributed by atoms with Crippen molar-refractivity contribution in [2.75, 3.05) is 23.9 Å². The van der Waals surface area contributed by atoms with Crippen molar-refractivity contribution in [1.82, 2.24) is 5.32 Å². The Hall–Kier alpha value is -1.69. The molecule has 5 nitrogen and oxygen atoms in total. The Kier molecular flexibility index (Phi) is 4.89. The molecule has 1 aliphatic heterocycles. The van der Waals surface area contributed by atoms with Crippen LogP contribution in [-0.2, 0) is 11.2 Å². The molecule has 3 N–H and O–H groups in total. The summed E-state index contributed by atoms with van der Waals surface area (Å²) < 4.78 is 0. The number of anilines is 1. The largest absolute Gasteiger partial charge is 0.480 e. The van der Waals surface area contributed by atoms with Crippen LogP contribution in [0.1, 0.15) is 22.3 Å². The first-order valence-corrected chi connectivity index (χ1v) is 7.90. The van der Waals surface area contributed by atoms with Gasteiger partial charge in [0.1, 0.15) is 6.04 Å². The van der Waals surface area contributed by atoms with Gasteiger partial charge in [0.15, 0.2) is 0 Å². The fraction of sp³-hybridized carbons (Fsp3) is 0.429. The number of rotatable bonds is 6. The molecule has 0 fully saturated rings. The van der Waals surface area contributed by atoms with Crippen molar-refractivity contribution in [1.29, 1.82) is 0 Å². The third-order valence-electron chi connectivity index (χ3n) is 3.30. The monoisotopic (exact) mass is 294 g/mol. The molecule has 6 heteroatoms. The van der Waals surface area contributed by atoms with Crippen LogP contribution < -0.4 is 10.6 Å². The summed E-state index contributed by atoms with van der Waals surface area (Å²) in [4.78, 5) is 23.2. The van der Waals surface area contributed by atoms with Gasteiger partial charge >= 0.3 is 5.97 Å². The molecule has 2 rings (SSSR count). The van der Waals surface area contributed by atoms with Crippen LogP contribution in [0.4, 0.5) is 5.69 Å². The lowest BCUT2D eigenvalue weighted by molar-refractivity contribution is -0.139. The Morgan fingerprint density at radius 3 is 3.00 bits per heavy atom. The Bertz CT molecular complexity index is 519. The van der Waals surface area contributed by atoms with Gasteiger partial charge in [-0.2, -0.15) is 11.8 Å². The van der Waals surface area contributed by atoms with Crippen molar-refractivity contribution in [3.8, 4) is 0 Å². The zero-order valence-electron chi connectivity index (χ0n) is 11.3. The van der Waals surface area contributed by atoms with Crippen molar-refractivity contribution >= 4 is 29.3 Å². The van der Waals surface area contributed by atoms with Gasteiger partial charge in [0, 0.05) is 17.8 Å². The maximum Gasteiger partial charge on any atom is 0.326 e. The third kappa shape index (κ3) is 3.45. The smallest absolute Gasteiger partial charge is 0.326 e. The van der Waals surface area contributed by atoms with E-state index >= 15 is 0 Å². The fourth-order valence-corrected chi connectivity index (χ4v) is 2.64. The molecule has 1 aromatic carbocycles. The van der Waals surface area contributed by atoms with Crippen LogP contribution in [-0.4, -0.2) is 41.6 Å². The summed E-state index contributed by atoms with van der Waals surface area (Å²) in [6, 6.07) is 4.61. The van der Waals surface area contributed by atoms with E-state index < -0.39 is 12.0 Å². The maximum absolute atomic E-state index is 12.1. The van der Waals surface area contributed by atoms with Crippen molar-refractivity contribution in [3.63, 3.8) is 0 Å². The summed E-state index contributed by atoms with van der Waals surface area (Å²) in [7, 11) is 0. The lowest BCUT2D eigenvalue weighted by Gasteiger charge is -2.14. The number of carbonyl (C=O) groups excluding carboxylic acids is 1. The molecule has 0 saturated heterocycles. The van der Waals surface area contributed by atoms with Crippen LogP contribution in [0.2, 0.25) is 0 Å². The van der Waals surface area contributed by atoms with Gasteiger partial charge in [0.2, 0.25) is 0 Å². The standard InChI is InChI=1S/C14H18N2O3S/c1-20-7-5-11(14(18)19)16-13(17)10-3-2-9-4-6-15-12(9)8-10/h2-3,8,11,15H,4-7H2,1H3,(H,16,17)(H,18,19)/t11-/m0/s1. The number of benzene rings is 1. The predicted molar refractivity (Wildman–Crippen MR) is 80.5 cm³/mol. The molecule has 0 unspecified atom stereocenters. The summed E-state index contributed by atoms with van der Waals surface area (Å²) in [5, 5.41) is 14.9. The first-order chi connectivity index (χ1) is 9.61. The predicted octanol–water partition coefficient (Wildman–Crippen LogP) is 1.59. The second-order valence-corrected chi connectivity index (χ2v) is 5.68. The van der Waals surface area contributed by atoms with E-state index in [1.54, 1.807) is 23.9 Å². The van der Waals surface area contributed by atoms with Gasteiger partial charge in [-0.05, 0) is 42.5 Å². The summed E-state index contributed by atoms with van der Waals surface area (Å²) in [5.74, 6) is -0.634. The van der Waals surface area contributed by atoms with E-state index in [-0.39, 0.29) is 5.91 Å². The average molecular weight is 294 g/mol. The topological polar surface area (TPSA) is 78.4 Å². The van der Waals surface area contributed by atoms with E-state index in [4.69, 9.17) is 5.11 Å². The van der Waals surface area contributed by atoms with E-state index in [0.717, 1.165) is 18.7 Å². The molecule has 0 radical (unpaired) electrons. The second kappa shape index (κ2) is 6.65. The first kappa shape index (κ1) is 14.7. The molecule has 1 heterocycles. The quantitative estimate of drug-likeness (QED) is 0.742. The van der Waals surface area contributed by atoms with Crippen molar-refractivity contribution in [2.45, 2.75) is 18.9 Å². The molecule has 0 bridgehead atoms. The molecule has 0 aromatic heterocycles. The second-order valence-electron chi connectivity index (χ2n) is 4.69. The minimum absolute atomic E-state index is 0.338. The number of hydrogen-bond donors (Lipinski definition) is 3. The lowest BCUT2D eigenvalue weighted by Crippen LogP contribution is -2.41. The minimum Gasteiger partial charge on any atom is -0.480 e. The molecule has 1 atom stereocenters. The summed E-state index contributed by atoms with van der Waals surface area (Å²) in [5.41, 5.74) is 2.65. The molecule has 0 aliphatic carbocycles. The van der Waals surface area contributed by atoms with Crippen LogP contribution in [0.15, 0.2) is 18.2 Å². The van der Waals surface area contributed by atoms with Gasteiger partial charge in [-0.3, -0.25) is 4.79 Å². The third-order valence-corrected chi connectivity index (χ3v) is 3.94. The van der Waals surface area contributed by atoms with Gasteiger partial charge < -0.3 is 15.7 Å². The van der Waals surface area contributed by atoms with Crippen LogP contribution >= 0.6 is 11.8 Å². The van der Waals surface area contributed by atoms with Gasteiger partial charge in [-0.15, -0.1) is 0 Å².